The number of hydrogen-bond donors (Lipinski definition) is 1. The molecule has 1 rings (SSSR count). The third-order valence-corrected chi connectivity index (χ3v) is 2.86. The Bertz CT molecular complexity index is 430. The molecule has 1 N–H and O–H groups in total. The summed E-state index contributed by atoms with van der Waals surface area (Å²) in [5, 5.41) is 3.23. The van der Waals surface area contributed by atoms with E-state index in [1.165, 1.54) is 12.1 Å². The molecule has 0 aromatic heterocycles. The maximum absolute atomic E-state index is 13.6. The summed E-state index contributed by atoms with van der Waals surface area (Å²) in [5.74, 6) is -0.798. The summed E-state index contributed by atoms with van der Waals surface area (Å²) in [6.45, 7) is 6.14. The first-order valence-corrected chi connectivity index (χ1v) is 6.39. The van der Waals surface area contributed by atoms with Crippen LogP contribution < -0.4 is 5.32 Å². The van der Waals surface area contributed by atoms with Gasteiger partial charge in [-0.15, -0.1) is 0 Å². The highest BCUT2D eigenvalue weighted by atomic mass is 19.1. The predicted molar refractivity (Wildman–Crippen MR) is 73.9 cm³/mol. The molecule has 0 unspecified atom stereocenters. The third kappa shape index (κ3) is 5.49. The molecule has 0 fully saturated rings. The van der Waals surface area contributed by atoms with E-state index in [9.17, 15) is 8.78 Å². The lowest BCUT2D eigenvalue weighted by Crippen LogP contribution is -2.23. The Hall–Kier alpha value is -1.26. The van der Waals surface area contributed by atoms with Gasteiger partial charge < -0.3 is 10.1 Å². The quantitative estimate of drug-likeness (QED) is 0.767. The molecule has 106 valence electrons. The van der Waals surface area contributed by atoms with Crippen molar-refractivity contribution in [3.63, 3.8) is 0 Å². The maximum Gasteiger partial charge on any atom is 0.133 e. The maximum atomic E-state index is 13.6. The van der Waals surface area contributed by atoms with Crippen LogP contribution >= 0.6 is 0 Å². The van der Waals surface area contributed by atoms with E-state index < -0.39 is 11.6 Å². The van der Waals surface area contributed by atoms with Gasteiger partial charge in [0, 0.05) is 31.8 Å². The first-order valence-electron chi connectivity index (χ1n) is 6.39. The summed E-state index contributed by atoms with van der Waals surface area (Å²) in [6, 6.07) is 3.63. The molecule has 0 aliphatic rings. The van der Waals surface area contributed by atoms with Crippen LogP contribution in [0.5, 0.6) is 0 Å². The van der Waals surface area contributed by atoms with Crippen molar-refractivity contribution in [3.8, 4) is 0 Å². The monoisotopic (exact) mass is 269 g/mol. The Morgan fingerprint density at radius 3 is 2.68 bits per heavy atom. The SMILES string of the molecule is COCCNCC(=Cc1ccc(F)cc1F)C(C)C. The van der Waals surface area contributed by atoms with Gasteiger partial charge >= 0.3 is 0 Å². The Kier molecular flexibility index (Phi) is 6.67. The lowest BCUT2D eigenvalue weighted by atomic mass is 10.00. The van der Waals surface area contributed by atoms with Crippen LogP contribution in [-0.2, 0) is 4.74 Å². The standard InChI is InChI=1S/C15H21F2NO/c1-11(2)13(10-18-6-7-19-3)8-12-4-5-14(16)9-15(12)17/h4-5,8-9,11,18H,6-7,10H2,1-3H3. The van der Waals surface area contributed by atoms with Crippen molar-refractivity contribution in [3.05, 3.63) is 41.0 Å². The van der Waals surface area contributed by atoms with Crippen LogP contribution in [0.3, 0.4) is 0 Å². The highest BCUT2D eigenvalue weighted by Crippen LogP contribution is 2.17. The summed E-state index contributed by atoms with van der Waals surface area (Å²) < 4.78 is 31.4. The first-order chi connectivity index (χ1) is 9.04. The van der Waals surface area contributed by atoms with Gasteiger partial charge in [-0.1, -0.05) is 25.5 Å². The van der Waals surface area contributed by atoms with Crippen LogP contribution in [-0.4, -0.2) is 26.8 Å². The van der Waals surface area contributed by atoms with Gasteiger partial charge in [0.2, 0.25) is 0 Å². The molecule has 0 amide bonds. The van der Waals surface area contributed by atoms with Crippen molar-refractivity contribution < 1.29 is 13.5 Å². The van der Waals surface area contributed by atoms with Gasteiger partial charge in [-0.2, -0.15) is 0 Å². The Morgan fingerprint density at radius 1 is 1.37 bits per heavy atom. The molecule has 0 spiro atoms. The second-order valence-corrected chi connectivity index (χ2v) is 4.71. The summed E-state index contributed by atoms with van der Waals surface area (Å²) in [7, 11) is 1.65. The molecule has 0 heterocycles. The van der Waals surface area contributed by atoms with Crippen molar-refractivity contribution in [2.75, 3.05) is 26.8 Å². The van der Waals surface area contributed by atoms with Crippen LogP contribution in [0.15, 0.2) is 23.8 Å². The van der Waals surface area contributed by atoms with Crippen LogP contribution in [0, 0.1) is 17.6 Å². The van der Waals surface area contributed by atoms with Crippen LogP contribution in [0.25, 0.3) is 6.08 Å². The average molecular weight is 269 g/mol. The van der Waals surface area contributed by atoms with Gasteiger partial charge in [0.05, 0.1) is 6.61 Å². The summed E-state index contributed by atoms with van der Waals surface area (Å²) >= 11 is 0. The summed E-state index contributed by atoms with van der Waals surface area (Å²) in [6.07, 6.45) is 1.78. The Balaban J connectivity index is 2.76. The number of methoxy groups -OCH3 is 1. The van der Waals surface area contributed by atoms with Crippen molar-refractivity contribution in [1.29, 1.82) is 0 Å². The van der Waals surface area contributed by atoms with E-state index in [1.807, 2.05) is 13.8 Å². The fourth-order valence-corrected chi connectivity index (χ4v) is 1.65. The van der Waals surface area contributed by atoms with Gasteiger partial charge in [0.1, 0.15) is 11.6 Å². The summed E-state index contributed by atoms with van der Waals surface area (Å²) in [4.78, 5) is 0. The average Bonchev–Trinajstić information content (AvgIpc) is 2.35. The van der Waals surface area contributed by atoms with E-state index in [4.69, 9.17) is 4.74 Å². The highest BCUT2D eigenvalue weighted by molar-refractivity contribution is 5.54. The van der Waals surface area contributed by atoms with E-state index >= 15 is 0 Å². The van der Waals surface area contributed by atoms with Crippen molar-refractivity contribution in [2.24, 2.45) is 5.92 Å². The minimum atomic E-state index is -0.557. The van der Waals surface area contributed by atoms with Crippen molar-refractivity contribution in [2.45, 2.75) is 13.8 Å². The molecule has 0 aliphatic heterocycles. The van der Waals surface area contributed by atoms with E-state index in [-0.39, 0.29) is 0 Å². The summed E-state index contributed by atoms with van der Waals surface area (Å²) in [5.41, 5.74) is 1.49. The molecule has 1 aromatic rings. The zero-order valence-electron chi connectivity index (χ0n) is 11.7. The highest BCUT2D eigenvalue weighted by Gasteiger charge is 2.06. The predicted octanol–water partition coefficient (Wildman–Crippen LogP) is 3.24. The largest absolute Gasteiger partial charge is 0.383 e. The van der Waals surface area contributed by atoms with E-state index in [1.54, 1.807) is 13.2 Å². The number of hydrogen-bond acceptors (Lipinski definition) is 2. The van der Waals surface area contributed by atoms with Gasteiger partial charge in [0.15, 0.2) is 0 Å². The van der Waals surface area contributed by atoms with E-state index in [0.29, 0.717) is 24.6 Å². The van der Waals surface area contributed by atoms with Crippen molar-refractivity contribution >= 4 is 6.08 Å². The lowest BCUT2D eigenvalue weighted by molar-refractivity contribution is 0.200. The molecule has 0 aliphatic carbocycles. The van der Waals surface area contributed by atoms with Crippen LogP contribution in [0.4, 0.5) is 8.78 Å². The van der Waals surface area contributed by atoms with Gasteiger partial charge in [-0.05, 0) is 18.1 Å². The lowest BCUT2D eigenvalue weighted by Gasteiger charge is -2.13. The van der Waals surface area contributed by atoms with E-state index in [2.05, 4.69) is 5.32 Å². The molecule has 0 saturated heterocycles. The second kappa shape index (κ2) is 8.02. The third-order valence-electron chi connectivity index (χ3n) is 2.86. The van der Waals surface area contributed by atoms with Crippen LogP contribution in [0.2, 0.25) is 0 Å². The zero-order chi connectivity index (χ0) is 14.3. The Labute approximate surface area is 113 Å². The number of nitrogens with one attached hydrogen (secondary N) is 1. The zero-order valence-corrected chi connectivity index (χ0v) is 11.7. The van der Waals surface area contributed by atoms with E-state index in [0.717, 1.165) is 18.2 Å². The molecule has 1 aromatic carbocycles. The minimum absolute atomic E-state index is 0.291. The molecule has 2 nitrogen and oxygen atoms in total. The smallest absolute Gasteiger partial charge is 0.133 e. The molecule has 0 saturated carbocycles. The van der Waals surface area contributed by atoms with Gasteiger partial charge in [0.25, 0.3) is 0 Å². The van der Waals surface area contributed by atoms with Crippen molar-refractivity contribution in [1.82, 2.24) is 5.32 Å². The molecule has 19 heavy (non-hydrogen) atoms. The topological polar surface area (TPSA) is 21.3 Å². The molecular formula is C15H21F2NO. The molecule has 0 radical (unpaired) electrons. The number of rotatable bonds is 7. The minimum Gasteiger partial charge on any atom is -0.383 e. The number of benzene rings is 1. The second-order valence-electron chi connectivity index (χ2n) is 4.71. The normalized spacial score (nSPS) is 12.2. The first kappa shape index (κ1) is 15.8. The number of ether oxygens (including phenoxy) is 1. The Morgan fingerprint density at radius 2 is 2.11 bits per heavy atom. The number of halogens is 2. The molecular weight excluding hydrogens is 248 g/mol. The van der Waals surface area contributed by atoms with Gasteiger partial charge in [-0.3, -0.25) is 0 Å². The fraction of sp³-hybridized carbons (Fsp3) is 0.467. The van der Waals surface area contributed by atoms with Crippen LogP contribution in [0.1, 0.15) is 19.4 Å². The molecule has 0 atom stereocenters. The molecule has 4 heteroatoms. The molecule has 0 bridgehead atoms. The van der Waals surface area contributed by atoms with Gasteiger partial charge in [-0.25, -0.2) is 8.78 Å². The fourth-order valence-electron chi connectivity index (χ4n) is 1.65.